The lowest BCUT2D eigenvalue weighted by Crippen LogP contribution is -2.16. The molecule has 0 saturated carbocycles. The highest BCUT2D eigenvalue weighted by Gasteiger charge is 2.32. The second kappa shape index (κ2) is 7.72. The van der Waals surface area contributed by atoms with Gasteiger partial charge in [0.15, 0.2) is 0 Å². The van der Waals surface area contributed by atoms with E-state index in [0.29, 0.717) is 12.4 Å². The van der Waals surface area contributed by atoms with Crippen molar-refractivity contribution in [1.82, 2.24) is 9.78 Å². The molecule has 2 aromatic carbocycles. The predicted molar refractivity (Wildman–Crippen MR) is 114 cm³/mol. The number of para-hydroxylation sites is 2. The van der Waals surface area contributed by atoms with Crippen LogP contribution in [-0.2, 0) is 4.79 Å². The molecule has 1 aromatic heterocycles. The Morgan fingerprint density at radius 1 is 1.18 bits per heavy atom. The second-order valence-electron chi connectivity index (χ2n) is 6.76. The molecule has 1 aliphatic rings. The summed E-state index contributed by atoms with van der Waals surface area (Å²) in [7, 11) is 0. The third-order valence-corrected chi connectivity index (χ3v) is 6.10. The number of nitrogens with one attached hydrogen (secondary N) is 1. The summed E-state index contributed by atoms with van der Waals surface area (Å²) in [6, 6.07) is 16.1. The summed E-state index contributed by atoms with van der Waals surface area (Å²) < 4.78 is 7.74. The summed E-state index contributed by atoms with van der Waals surface area (Å²) in [4.78, 5) is 12.5. The van der Waals surface area contributed by atoms with Crippen molar-refractivity contribution < 1.29 is 9.53 Å². The number of aromatic nitrogens is 2. The number of thioether (sulfide) groups is 1. The molecule has 144 valence electrons. The fourth-order valence-corrected chi connectivity index (χ4v) is 4.80. The van der Waals surface area contributed by atoms with Crippen LogP contribution >= 0.6 is 11.8 Å². The third-order valence-electron chi connectivity index (χ3n) is 4.85. The Morgan fingerprint density at radius 2 is 1.93 bits per heavy atom. The van der Waals surface area contributed by atoms with Gasteiger partial charge in [0.2, 0.25) is 5.91 Å². The summed E-state index contributed by atoms with van der Waals surface area (Å²) in [6.07, 6.45) is 0. The number of rotatable bonds is 4. The van der Waals surface area contributed by atoms with E-state index >= 15 is 0 Å². The van der Waals surface area contributed by atoms with Gasteiger partial charge in [-0.25, -0.2) is 4.68 Å². The van der Waals surface area contributed by atoms with E-state index < -0.39 is 0 Å². The molecule has 6 heteroatoms. The van der Waals surface area contributed by atoms with Gasteiger partial charge in [0, 0.05) is 11.1 Å². The Hall–Kier alpha value is -2.73. The van der Waals surface area contributed by atoms with Crippen LogP contribution in [0.5, 0.6) is 5.75 Å². The van der Waals surface area contributed by atoms with Crippen LogP contribution in [0.1, 0.15) is 34.6 Å². The number of hydrogen-bond acceptors (Lipinski definition) is 4. The first kappa shape index (κ1) is 18.6. The molecule has 4 rings (SSSR count). The second-order valence-corrected chi connectivity index (χ2v) is 7.85. The van der Waals surface area contributed by atoms with Crippen molar-refractivity contribution in [3.63, 3.8) is 0 Å². The minimum Gasteiger partial charge on any atom is -0.494 e. The Balaban J connectivity index is 1.91. The first-order valence-electron chi connectivity index (χ1n) is 9.38. The number of nitrogens with zero attached hydrogens (tertiary/aromatic N) is 2. The number of ether oxygens (including phenoxy) is 1. The zero-order valence-corrected chi connectivity index (χ0v) is 17.0. The first-order valence-corrected chi connectivity index (χ1v) is 10.4. The molecule has 0 spiro atoms. The molecule has 28 heavy (non-hydrogen) atoms. The van der Waals surface area contributed by atoms with Gasteiger partial charge in [0.05, 0.1) is 29.0 Å². The summed E-state index contributed by atoms with van der Waals surface area (Å²) in [5.74, 6) is 1.97. The van der Waals surface area contributed by atoms with Gasteiger partial charge in [-0.2, -0.15) is 5.10 Å². The van der Waals surface area contributed by atoms with Crippen molar-refractivity contribution in [2.75, 3.05) is 17.7 Å². The van der Waals surface area contributed by atoms with Gasteiger partial charge in [-0.3, -0.25) is 4.79 Å². The molecule has 0 bridgehead atoms. The highest BCUT2D eigenvalue weighted by molar-refractivity contribution is 8.00. The molecule has 1 atom stereocenters. The maximum absolute atomic E-state index is 12.5. The van der Waals surface area contributed by atoms with Crippen LogP contribution in [0.25, 0.3) is 5.69 Å². The van der Waals surface area contributed by atoms with E-state index in [1.54, 1.807) is 11.8 Å². The number of anilines is 1. The smallest absolute Gasteiger partial charge is 0.235 e. The van der Waals surface area contributed by atoms with Gasteiger partial charge in [0.25, 0.3) is 0 Å². The Bertz CT molecular complexity index is 1030. The minimum atomic E-state index is -0.0329. The molecule has 0 saturated heterocycles. The highest BCUT2D eigenvalue weighted by Crippen LogP contribution is 2.46. The van der Waals surface area contributed by atoms with Crippen molar-refractivity contribution in [2.45, 2.75) is 26.0 Å². The average molecular weight is 394 g/mol. The Labute approximate surface area is 169 Å². The van der Waals surface area contributed by atoms with Crippen LogP contribution in [0.3, 0.4) is 0 Å². The van der Waals surface area contributed by atoms with E-state index in [-0.39, 0.29) is 11.2 Å². The van der Waals surface area contributed by atoms with Crippen LogP contribution in [0.2, 0.25) is 0 Å². The lowest BCUT2D eigenvalue weighted by molar-refractivity contribution is -0.113. The molecule has 1 N–H and O–H groups in total. The monoisotopic (exact) mass is 393 g/mol. The third kappa shape index (κ3) is 3.29. The molecule has 5 nitrogen and oxygen atoms in total. The minimum absolute atomic E-state index is 0.0163. The molecule has 0 aliphatic carbocycles. The Kier molecular flexibility index (Phi) is 5.13. The Morgan fingerprint density at radius 3 is 2.71 bits per heavy atom. The first-order chi connectivity index (χ1) is 13.6. The van der Waals surface area contributed by atoms with Gasteiger partial charge >= 0.3 is 0 Å². The lowest BCUT2D eigenvalue weighted by Gasteiger charge is -2.19. The standard InChI is InChI=1S/C22H23N3O2S/c1-4-27-18-12-8-6-10-16(18)21-20-15(3)24-25(17-11-7-5-9-14(17)2)22(20)23-19(26)13-28-21/h5-12,21H,4,13H2,1-3H3,(H,23,26). The molecule has 0 radical (unpaired) electrons. The topological polar surface area (TPSA) is 56.1 Å². The SMILES string of the molecule is CCOc1ccccc1C1SCC(=O)Nc2c1c(C)nn2-c1ccccc1C. The van der Waals surface area contributed by atoms with E-state index in [4.69, 9.17) is 9.84 Å². The zero-order valence-electron chi connectivity index (χ0n) is 16.2. The number of aryl methyl sites for hydroxylation is 2. The largest absolute Gasteiger partial charge is 0.494 e. The van der Waals surface area contributed by atoms with Crippen molar-refractivity contribution >= 4 is 23.5 Å². The molecule has 0 fully saturated rings. The van der Waals surface area contributed by atoms with Gasteiger partial charge in [0.1, 0.15) is 11.6 Å². The summed E-state index contributed by atoms with van der Waals surface area (Å²) in [5.41, 5.74) is 5.08. The van der Waals surface area contributed by atoms with Gasteiger partial charge in [-0.1, -0.05) is 36.4 Å². The van der Waals surface area contributed by atoms with Crippen LogP contribution in [0.15, 0.2) is 48.5 Å². The molecule has 1 unspecified atom stereocenters. The van der Waals surface area contributed by atoms with Gasteiger partial charge in [-0.15, -0.1) is 11.8 Å². The fourth-order valence-electron chi connectivity index (χ4n) is 3.59. The fraction of sp³-hybridized carbons (Fsp3) is 0.273. The number of benzene rings is 2. The van der Waals surface area contributed by atoms with E-state index in [0.717, 1.165) is 39.6 Å². The van der Waals surface area contributed by atoms with Crippen LogP contribution < -0.4 is 10.1 Å². The molecule has 1 aliphatic heterocycles. The number of amides is 1. The van der Waals surface area contributed by atoms with E-state index in [1.165, 1.54) is 0 Å². The number of hydrogen-bond donors (Lipinski definition) is 1. The molecule has 2 heterocycles. The summed E-state index contributed by atoms with van der Waals surface area (Å²) in [5, 5.41) is 7.85. The maximum Gasteiger partial charge on any atom is 0.235 e. The van der Waals surface area contributed by atoms with Crippen LogP contribution in [0, 0.1) is 13.8 Å². The molecular formula is C22H23N3O2S. The van der Waals surface area contributed by atoms with Crippen molar-refractivity contribution in [1.29, 1.82) is 0 Å². The van der Waals surface area contributed by atoms with Crippen molar-refractivity contribution in [3.05, 3.63) is 70.9 Å². The van der Waals surface area contributed by atoms with E-state index in [2.05, 4.69) is 11.4 Å². The zero-order chi connectivity index (χ0) is 19.7. The number of carbonyl (C=O) groups excluding carboxylic acids is 1. The quantitative estimate of drug-likeness (QED) is 0.700. The maximum atomic E-state index is 12.5. The summed E-state index contributed by atoms with van der Waals surface area (Å²) in [6.45, 7) is 6.63. The number of carbonyl (C=O) groups is 1. The lowest BCUT2D eigenvalue weighted by atomic mass is 10.0. The van der Waals surface area contributed by atoms with Crippen LogP contribution in [0.4, 0.5) is 5.82 Å². The van der Waals surface area contributed by atoms with E-state index in [1.807, 2.05) is 67.9 Å². The van der Waals surface area contributed by atoms with E-state index in [9.17, 15) is 4.79 Å². The molecule has 1 amide bonds. The van der Waals surface area contributed by atoms with Gasteiger partial charge in [-0.05, 0) is 38.5 Å². The normalized spacial score (nSPS) is 16.2. The average Bonchev–Trinajstić information content (AvgIpc) is 2.89. The summed E-state index contributed by atoms with van der Waals surface area (Å²) >= 11 is 1.61. The predicted octanol–water partition coefficient (Wildman–Crippen LogP) is 4.66. The van der Waals surface area contributed by atoms with Crippen molar-refractivity contribution in [3.8, 4) is 11.4 Å². The highest BCUT2D eigenvalue weighted by atomic mass is 32.2. The van der Waals surface area contributed by atoms with Crippen LogP contribution in [-0.4, -0.2) is 28.0 Å². The molecular weight excluding hydrogens is 370 g/mol. The number of fused-ring (bicyclic) bond motifs is 1. The van der Waals surface area contributed by atoms with Gasteiger partial charge < -0.3 is 10.1 Å². The van der Waals surface area contributed by atoms with Crippen molar-refractivity contribution in [2.24, 2.45) is 0 Å². The molecule has 3 aromatic rings.